The van der Waals surface area contributed by atoms with Crippen molar-refractivity contribution in [3.05, 3.63) is 33.8 Å². The van der Waals surface area contributed by atoms with E-state index in [4.69, 9.17) is 62.8 Å². The largest absolute Gasteiger partial charge is 0.361 e. The summed E-state index contributed by atoms with van der Waals surface area (Å²) in [5.41, 5.74) is 2.85. The molecule has 0 spiro atoms. The van der Waals surface area contributed by atoms with Crippen LogP contribution in [0.25, 0.3) is 0 Å². The molecule has 0 radical (unpaired) electrons. The van der Waals surface area contributed by atoms with Crippen molar-refractivity contribution in [1.29, 1.82) is 0 Å². The zero-order chi connectivity index (χ0) is 13.6. The minimum absolute atomic E-state index is 0.0465. The lowest BCUT2D eigenvalue weighted by atomic mass is 10.00. The fourth-order valence-corrected chi connectivity index (χ4v) is 2.60. The number of rotatable bonds is 1. The number of alkyl halides is 3. The second-order valence-corrected chi connectivity index (χ2v) is 7.14. The number of halogens is 5. The summed E-state index contributed by atoms with van der Waals surface area (Å²) in [4.78, 5) is 5.11. The van der Waals surface area contributed by atoms with Crippen molar-refractivity contribution in [3.63, 3.8) is 0 Å². The molecule has 1 aliphatic rings. The highest BCUT2D eigenvalue weighted by Crippen LogP contribution is 2.43. The van der Waals surface area contributed by atoms with Gasteiger partial charge >= 0.3 is 0 Å². The lowest BCUT2D eigenvalue weighted by molar-refractivity contribution is -0.209. The Hall–Kier alpha value is 0.550. The molecule has 0 saturated carbocycles. The second kappa shape index (κ2) is 5.15. The normalized spacial score (nSPS) is 28.7. The minimum atomic E-state index is -1.66. The van der Waals surface area contributed by atoms with Gasteiger partial charge < -0.3 is 5.11 Å². The van der Waals surface area contributed by atoms with Crippen LogP contribution in [0.15, 0.2) is 18.2 Å². The highest BCUT2D eigenvalue weighted by molar-refractivity contribution is 6.68. The van der Waals surface area contributed by atoms with Gasteiger partial charge in [-0.25, -0.2) is 0 Å². The Morgan fingerprint density at radius 1 is 1.33 bits per heavy atom. The molecule has 100 valence electrons. The zero-order valence-corrected chi connectivity index (χ0v) is 12.5. The van der Waals surface area contributed by atoms with Gasteiger partial charge in [-0.05, 0) is 12.1 Å². The van der Waals surface area contributed by atoms with Crippen molar-refractivity contribution in [2.45, 2.75) is 22.0 Å². The topological polar surface area (TPSA) is 41.5 Å². The molecule has 1 aliphatic heterocycles. The molecule has 1 aromatic rings. The summed E-state index contributed by atoms with van der Waals surface area (Å²) in [7, 11) is 0. The standard InChI is InChI=1S/C10H8Cl5NO2/c11-5-1-2-6(7(12)3-5)9(17)4-8(16-18-9)10(13,14)15/h1-3,8,16-17H,4H2/t8-,9+/m1/s1. The molecule has 2 atom stereocenters. The quantitative estimate of drug-likeness (QED) is 0.756. The summed E-state index contributed by atoms with van der Waals surface area (Å²) < 4.78 is -1.59. The Balaban J connectivity index is 2.28. The third kappa shape index (κ3) is 3.00. The molecule has 0 amide bonds. The maximum atomic E-state index is 10.4. The van der Waals surface area contributed by atoms with Crippen molar-refractivity contribution < 1.29 is 9.94 Å². The summed E-state index contributed by atoms with van der Waals surface area (Å²) in [6, 6.07) is 4.00. The fraction of sp³-hybridized carbons (Fsp3) is 0.400. The van der Waals surface area contributed by atoms with Crippen LogP contribution in [0.1, 0.15) is 12.0 Å². The van der Waals surface area contributed by atoms with E-state index in [2.05, 4.69) is 5.48 Å². The molecule has 1 heterocycles. The van der Waals surface area contributed by atoms with Gasteiger partial charge in [0, 0.05) is 17.0 Å². The monoisotopic (exact) mass is 349 g/mol. The maximum absolute atomic E-state index is 10.4. The van der Waals surface area contributed by atoms with Crippen LogP contribution in [0.4, 0.5) is 0 Å². The van der Waals surface area contributed by atoms with Gasteiger partial charge in [-0.2, -0.15) is 5.48 Å². The Labute approximate surface area is 129 Å². The van der Waals surface area contributed by atoms with Gasteiger partial charge in [0.05, 0.1) is 11.1 Å². The average molecular weight is 351 g/mol. The van der Waals surface area contributed by atoms with Crippen LogP contribution in [0.3, 0.4) is 0 Å². The van der Waals surface area contributed by atoms with Crippen LogP contribution < -0.4 is 5.48 Å². The fourth-order valence-electron chi connectivity index (χ4n) is 1.68. The van der Waals surface area contributed by atoms with Crippen LogP contribution >= 0.6 is 58.0 Å². The van der Waals surface area contributed by atoms with Crippen molar-refractivity contribution in [3.8, 4) is 0 Å². The highest BCUT2D eigenvalue weighted by atomic mass is 35.6. The first-order chi connectivity index (χ1) is 8.22. The van der Waals surface area contributed by atoms with E-state index in [1.54, 1.807) is 12.1 Å². The van der Waals surface area contributed by atoms with Crippen LogP contribution in [-0.4, -0.2) is 14.9 Å². The predicted molar refractivity (Wildman–Crippen MR) is 73.3 cm³/mol. The van der Waals surface area contributed by atoms with Gasteiger partial charge in [0.25, 0.3) is 0 Å². The van der Waals surface area contributed by atoms with Crippen LogP contribution in [0, 0.1) is 0 Å². The van der Waals surface area contributed by atoms with Gasteiger partial charge in [-0.15, -0.1) is 0 Å². The Bertz CT molecular complexity index is 464. The first-order valence-corrected chi connectivity index (χ1v) is 6.79. The first-order valence-electron chi connectivity index (χ1n) is 4.90. The molecule has 3 nitrogen and oxygen atoms in total. The summed E-state index contributed by atoms with van der Waals surface area (Å²) in [6.07, 6.45) is 0.0465. The molecule has 2 N–H and O–H groups in total. The Kier molecular flexibility index (Phi) is 4.28. The summed E-state index contributed by atoms with van der Waals surface area (Å²) >= 11 is 29.0. The SMILES string of the molecule is O[C@@]1(c2ccc(Cl)cc2Cl)C[C@H](C(Cl)(Cl)Cl)NO1. The molecule has 0 unspecified atom stereocenters. The van der Waals surface area contributed by atoms with Crippen molar-refractivity contribution in [2.75, 3.05) is 0 Å². The minimum Gasteiger partial charge on any atom is -0.361 e. The number of benzene rings is 1. The van der Waals surface area contributed by atoms with E-state index in [1.807, 2.05) is 0 Å². The van der Waals surface area contributed by atoms with Crippen molar-refractivity contribution >= 4 is 58.0 Å². The summed E-state index contributed by atoms with van der Waals surface area (Å²) in [5.74, 6) is -1.66. The summed E-state index contributed by atoms with van der Waals surface area (Å²) in [5, 5.41) is 11.1. The van der Waals surface area contributed by atoms with Crippen LogP contribution in [-0.2, 0) is 10.6 Å². The van der Waals surface area contributed by atoms with Crippen LogP contribution in [0.2, 0.25) is 10.0 Å². The molecule has 0 bridgehead atoms. The van der Waals surface area contributed by atoms with Gasteiger partial charge in [-0.1, -0.05) is 64.1 Å². The van der Waals surface area contributed by atoms with Gasteiger partial charge in [0.1, 0.15) is 0 Å². The van der Waals surface area contributed by atoms with Gasteiger partial charge in [0.15, 0.2) is 0 Å². The smallest absolute Gasteiger partial charge is 0.214 e. The zero-order valence-electron chi connectivity index (χ0n) is 8.76. The van der Waals surface area contributed by atoms with E-state index < -0.39 is 15.6 Å². The number of hydrogen-bond acceptors (Lipinski definition) is 3. The van der Waals surface area contributed by atoms with Crippen LogP contribution in [0.5, 0.6) is 0 Å². The number of hydroxylamine groups is 1. The summed E-state index contributed by atoms with van der Waals surface area (Å²) in [6.45, 7) is 0. The molecule has 18 heavy (non-hydrogen) atoms. The predicted octanol–water partition coefficient (Wildman–Crippen LogP) is 3.80. The van der Waals surface area contributed by atoms with E-state index in [1.165, 1.54) is 6.07 Å². The molecular weight excluding hydrogens is 343 g/mol. The molecule has 0 aliphatic carbocycles. The van der Waals surface area contributed by atoms with Crippen molar-refractivity contribution in [2.24, 2.45) is 0 Å². The maximum Gasteiger partial charge on any atom is 0.214 e. The highest BCUT2D eigenvalue weighted by Gasteiger charge is 2.49. The molecular formula is C10H8Cl5NO2. The van der Waals surface area contributed by atoms with E-state index >= 15 is 0 Å². The molecule has 1 aromatic carbocycles. The average Bonchev–Trinajstić information content (AvgIpc) is 2.61. The number of aliphatic hydroxyl groups is 1. The first kappa shape index (κ1) is 14.9. The lowest BCUT2D eigenvalue weighted by Gasteiger charge is -2.22. The molecule has 1 fully saturated rings. The molecule has 0 aromatic heterocycles. The van der Waals surface area contributed by atoms with E-state index in [9.17, 15) is 5.11 Å². The molecule has 2 rings (SSSR count). The Morgan fingerprint density at radius 2 is 2.00 bits per heavy atom. The number of hydrogen-bond donors (Lipinski definition) is 2. The van der Waals surface area contributed by atoms with Gasteiger partial charge in [-0.3, -0.25) is 4.84 Å². The second-order valence-electron chi connectivity index (χ2n) is 3.93. The third-order valence-corrected chi connectivity index (χ3v) is 3.94. The Morgan fingerprint density at radius 3 is 2.50 bits per heavy atom. The van der Waals surface area contributed by atoms with Crippen molar-refractivity contribution in [1.82, 2.24) is 5.48 Å². The van der Waals surface area contributed by atoms with E-state index in [-0.39, 0.29) is 11.4 Å². The van der Waals surface area contributed by atoms with E-state index in [0.29, 0.717) is 10.6 Å². The molecule has 8 heteroatoms. The van der Waals surface area contributed by atoms with E-state index in [0.717, 1.165) is 0 Å². The number of nitrogens with one attached hydrogen (secondary N) is 1. The molecule has 1 saturated heterocycles. The third-order valence-electron chi connectivity index (χ3n) is 2.60. The lowest BCUT2D eigenvalue weighted by Crippen LogP contribution is -2.33. The van der Waals surface area contributed by atoms with Gasteiger partial charge in [0.2, 0.25) is 9.58 Å².